The minimum absolute atomic E-state index is 0.0994. The molecule has 1 atom stereocenters. The molecule has 0 bridgehead atoms. The zero-order valence-corrected chi connectivity index (χ0v) is 17.0. The van der Waals surface area contributed by atoms with Crippen molar-refractivity contribution < 1.29 is 9.72 Å². The summed E-state index contributed by atoms with van der Waals surface area (Å²) < 4.78 is 1.76. The number of nitrogens with one attached hydrogen (secondary N) is 2. The van der Waals surface area contributed by atoms with Crippen LogP contribution < -0.4 is 10.9 Å². The van der Waals surface area contributed by atoms with Crippen LogP contribution in [0.4, 0.5) is 11.5 Å². The van der Waals surface area contributed by atoms with Crippen molar-refractivity contribution in [2.24, 2.45) is 0 Å². The average Bonchev–Trinajstić information content (AvgIpc) is 2.89. The quantitative estimate of drug-likeness (QED) is 0.557. The van der Waals surface area contributed by atoms with Gasteiger partial charge in [0, 0.05) is 17.2 Å². The molecule has 3 heterocycles. The van der Waals surface area contributed by atoms with Gasteiger partial charge in [-0.1, -0.05) is 11.6 Å². The molecule has 2 aliphatic heterocycles. The lowest BCUT2D eigenvalue weighted by Crippen LogP contribution is -2.22. The molecular formula is C17H17ClN4O4S2. The summed E-state index contributed by atoms with van der Waals surface area (Å²) in [6.07, 6.45) is 1.79. The topological polar surface area (TPSA) is 110 Å². The molecule has 0 saturated carbocycles. The standard InChI is InChI=1S/C17H17ClN4O4S2/c18-12-2-1-10(22(25)26)7-11(12)15-14-16(19-13(23)8-28-15)21(20-17(14)24)9-3-5-27-6-4-9/h1-2,7,9,15H,3-6,8H2,(H,19,23)(H,20,24)/t15-/m1/s1. The molecule has 0 unspecified atom stereocenters. The first-order valence-corrected chi connectivity index (χ1v) is 11.3. The fraction of sp³-hybridized carbons (Fsp3) is 0.412. The van der Waals surface area contributed by atoms with Crippen LogP contribution in [-0.2, 0) is 4.79 Å². The molecule has 2 aromatic rings. The maximum absolute atomic E-state index is 12.9. The SMILES string of the molecule is O=C1CS[C@H](c2cc([N+](=O)[O-])ccc2Cl)c2c(n(C3CCSCC3)[nH]c2=O)N1. The van der Waals surface area contributed by atoms with Gasteiger partial charge in [-0.2, -0.15) is 11.8 Å². The van der Waals surface area contributed by atoms with E-state index in [1.807, 2.05) is 11.8 Å². The number of anilines is 1. The largest absolute Gasteiger partial charge is 0.310 e. The van der Waals surface area contributed by atoms with Crippen LogP contribution in [0.3, 0.4) is 0 Å². The number of non-ortho nitro benzene ring substituents is 1. The molecule has 1 aromatic carbocycles. The molecule has 28 heavy (non-hydrogen) atoms. The Morgan fingerprint density at radius 3 is 2.71 bits per heavy atom. The van der Waals surface area contributed by atoms with Crippen molar-refractivity contribution in [2.75, 3.05) is 22.6 Å². The van der Waals surface area contributed by atoms with Gasteiger partial charge < -0.3 is 5.32 Å². The molecule has 1 saturated heterocycles. The lowest BCUT2D eigenvalue weighted by molar-refractivity contribution is -0.384. The number of amides is 1. The van der Waals surface area contributed by atoms with Gasteiger partial charge in [0.1, 0.15) is 5.82 Å². The number of aromatic amines is 1. The second kappa shape index (κ2) is 7.84. The van der Waals surface area contributed by atoms with Crippen molar-refractivity contribution in [1.82, 2.24) is 9.78 Å². The Hall–Kier alpha value is -1.91. The molecule has 8 nitrogen and oxygen atoms in total. The summed E-state index contributed by atoms with van der Waals surface area (Å²) in [4.78, 5) is 35.9. The van der Waals surface area contributed by atoms with Crippen LogP contribution in [-0.4, -0.2) is 37.9 Å². The van der Waals surface area contributed by atoms with Crippen LogP contribution in [0.1, 0.15) is 35.3 Å². The maximum Gasteiger partial charge on any atom is 0.270 e. The summed E-state index contributed by atoms with van der Waals surface area (Å²) in [5, 5.41) is 16.7. The van der Waals surface area contributed by atoms with Gasteiger partial charge in [-0.3, -0.25) is 29.5 Å². The van der Waals surface area contributed by atoms with E-state index in [4.69, 9.17) is 11.6 Å². The van der Waals surface area contributed by atoms with Gasteiger partial charge in [0.15, 0.2) is 0 Å². The van der Waals surface area contributed by atoms with Gasteiger partial charge >= 0.3 is 0 Å². The minimum Gasteiger partial charge on any atom is -0.310 e. The highest BCUT2D eigenvalue weighted by Gasteiger charge is 2.34. The number of carbonyl (C=O) groups excluding carboxylic acids is 1. The smallest absolute Gasteiger partial charge is 0.270 e. The molecule has 1 amide bonds. The maximum atomic E-state index is 12.9. The normalized spacial score (nSPS) is 20.3. The third-order valence-corrected chi connectivity index (χ3v) is 7.54. The monoisotopic (exact) mass is 440 g/mol. The highest BCUT2D eigenvalue weighted by Crippen LogP contribution is 2.44. The summed E-state index contributed by atoms with van der Waals surface area (Å²) in [5.74, 6) is 2.33. The molecule has 0 spiro atoms. The first kappa shape index (κ1) is 19.4. The molecule has 1 fully saturated rings. The van der Waals surface area contributed by atoms with E-state index >= 15 is 0 Å². The van der Waals surface area contributed by atoms with Gasteiger partial charge in [-0.25, -0.2) is 0 Å². The van der Waals surface area contributed by atoms with E-state index in [1.165, 1.54) is 30.0 Å². The average molecular weight is 441 g/mol. The Bertz CT molecular complexity index is 1000. The number of nitro benzene ring substituents is 1. The van der Waals surface area contributed by atoms with Gasteiger partial charge in [0.25, 0.3) is 11.2 Å². The number of nitrogens with zero attached hydrogens (tertiary/aromatic N) is 2. The van der Waals surface area contributed by atoms with E-state index in [1.54, 1.807) is 4.68 Å². The van der Waals surface area contributed by atoms with E-state index < -0.39 is 10.2 Å². The second-order valence-corrected chi connectivity index (χ2v) is 9.34. The number of aromatic nitrogens is 2. The van der Waals surface area contributed by atoms with Crippen molar-refractivity contribution in [3.05, 3.63) is 54.8 Å². The van der Waals surface area contributed by atoms with Gasteiger partial charge in [0.2, 0.25) is 5.91 Å². The molecular weight excluding hydrogens is 424 g/mol. The predicted molar refractivity (Wildman–Crippen MR) is 112 cm³/mol. The van der Waals surface area contributed by atoms with Crippen LogP contribution in [0.2, 0.25) is 5.02 Å². The zero-order valence-electron chi connectivity index (χ0n) is 14.6. The number of nitro groups is 1. The molecule has 11 heteroatoms. The summed E-state index contributed by atoms with van der Waals surface area (Å²) in [7, 11) is 0. The van der Waals surface area contributed by atoms with Crippen molar-refractivity contribution in [1.29, 1.82) is 0 Å². The van der Waals surface area contributed by atoms with Crippen LogP contribution >= 0.6 is 35.1 Å². The second-order valence-electron chi connectivity index (χ2n) is 6.62. The lowest BCUT2D eigenvalue weighted by atomic mass is 10.0. The Morgan fingerprint density at radius 1 is 1.25 bits per heavy atom. The minimum atomic E-state index is -0.579. The molecule has 2 aliphatic rings. The summed E-state index contributed by atoms with van der Waals surface area (Å²) in [5.41, 5.74) is 0.429. The van der Waals surface area contributed by atoms with Crippen LogP contribution in [0.25, 0.3) is 0 Å². The number of hydrogen-bond donors (Lipinski definition) is 2. The van der Waals surface area contributed by atoms with Crippen molar-refractivity contribution in [3.63, 3.8) is 0 Å². The molecule has 0 aliphatic carbocycles. The Labute approximate surface area is 173 Å². The zero-order chi connectivity index (χ0) is 19.8. The van der Waals surface area contributed by atoms with Gasteiger partial charge in [-0.15, -0.1) is 11.8 Å². The molecule has 4 rings (SSSR count). The first-order valence-electron chi connectivity index (χ1n) is 8.73. The van der Waals surface area contributed by atoms with Crippen molar-refractivity contribution in [2.45, 2.75) is 24.1 Å². The number of fused-ring (bicyclic) bond motifs is 1. The summed E-state index contributed by atoms with van der Waals surface area (Å²) in [6.45, 7) is 0. The number of carbonyl (C=O) groups is 1. The first-order chi connectivity index (χ1) is 13.5. The van der Waals surface area contributed by atoms with E-state index in [9.17, 15) is 19.7 Å². The summed E-state index contributed by atoms with van der Waals surface area (Å²) >= 11 is 9.44. The van der Waals surface area contributed by atoms with Crippen molar-refractivity contribution >= 4 is 52.5 Å². The number of thioether (sulfide) groups is 2. The third-order valence-electron chi connectivity index (χ3n) is 4.89. The fourth-order valence-electron chi connectivity index (χ4n) is 3.55. The van der Waals surface area contributed by atoms with Crippen LogP contribution in [0, 0.1) is 10.1 Å². The number of benzene rings is 1. The Balaban J connectivity index is 1.85. The van der Waals surface area contributed by atoms with Crippen LogP contribution in [0.5, 0.6) is 0 Å². The third kappa shape index (κ3) is 3.56. The van der Waals surface area contributed by atoms with Gasteiger partial charge in [-0.05, 0) is 36.0 Å². The number of hydrogen-bond acceptors (Lipinski definition) is 6. The van der Waals surface area contributed by atoms with Crippen LogP contribution in [0.15, 0.2) is 23.0 Å². The Morgan fingerprint density at radius 2 is 2.00 bits per heavy atom. The van der Waals surface area contributed by atoms with Crippen molar-refractivity contribution in [3.8, 4) is 0 Å². The fourth-order valence-corrected chi connectivity index (χ4v) is 6.08. The van der Waals surface area contributed by atoms with E-state index in [0.29, 0.717) is 22.0 Å². The molecule has 148 valence electrons. The van der Waals surface area contributed by atoms with E-state index in [2.05, 4.69) is 10.4 Å². The van der Waals surface area contributed by atoms with Gasteiger partial charge in [0.05, 0.1) is 27.5 Å². The lowest BCUT2D eigenvalue weighted by Gasteiger charge is -2.24. The number of H-pyrrole nitrogens is 1. The number of halogens is 1. The highest BCUT2D eigenvalue weighted by molar-refractivity contribution is 8.00. The van der Waals surface area contributed by atoms with E-state index in [-0.39, 0.29) is 28.9 Å². The molecule has 1 aromatic heterocycles. The number of rotatable bonds is 3. The molecule has 2 N–H and O–H groups in total. The summed E-state index contributed by atoms with van der Waals surface area (Å²) in [6, 6.07) is 4.27. The molecule has 0 radical (unpaired) electrons. The predicted octanol–water partition coefficient (Wildman–Crippen LogP) is 3.58. The van der Waals surface area contributed by atoms with E-state index in [0.717, 1.165) is 24.3 Å². The Kier molecular flexibility index (Phi) is 5.44. The highest BCUT2D eigenvalue weighted by atomic mass is 35.5.